The van der Waals surface area contributed by atoms with E-state index in [9.17, 15) is 4.79 Å². The summed E-state index contributed by atoms with van der Waals surface area (Å²) in [6.45, 7) is 4.15. The van der Waals surface area contributed by atoms with Gasteiger partial charge in [0.05, 0.1) is 29.0 Å². The van der Waals surface area contributed by atoms with Gasteiger partial charge in [-0.05, 0) is 19.8 Å². The van der Waals surface area contributed by atoms with Crippen molar-refractivity contribution in [2.45, 2.75) is 32.2 Å². The Hall–Kier alpha value is -2.06. The highest BCUT2D eigenvalue weighted by atomic mass is 32.1. The smallest absolute Gasteiger partial charge is 0.265 e. The largest absolute Gasteiger partial charge is 0.337 e. The van der Waals surface area contributed by atoms with Crippen molar-refractivity contribution in [3.05, 3.63) is 50.9 Å². The van der Waals surface area contributed by atoms with Crippen LogP contribution in [-0.4, -0.2) is 43.4 Å². The lowest BCUT2D eigenvalue weighted by atomic mass is 9.97. The summed E-state index contributed by atoms with van der Waals surface area (Å²) in [5.41, 5.74) is 5.46. The Kier molecular flexibility index (Phi) is 4.63. The van der Waals surface area contributed by atoms with Gasteiger partial charge in [-0.25, -0.2) is 15.0 Å². The van der Waals surface area contributed by atoms with E-state index in [1.165, 1.54) is 11.3 Å². The zero-order valence-electron chi connectivity index (χ0n) is 14.0. The number of amides is 1. The summed E-state index contributed by atoms with van der Waals surface area (Å²) in [5, 5.41) is 2.06. The maximum Gasteiger partial charge on any atom is 0.265 e. The van der Waals surface area contributed by atoms with Crippen molar-refractivity contribution in [3.8, 4) is 0 Å². The molecule has 0 spiro atoms. The zero-order chi connectivity index (χ0) is 17.2. The van der Waals surface area contributed by atoms with E-state index in [-0.39, 0.29) is 11.8 Å². The first-order valence-electron chi connectivity index (χ1n) is 8.30. The second kappa shape index (κ2) is 7.05. The molecule has 1 saturated heterocycles. The van der Waals surface area contributed by atoms with E-state index in [0.29, 0.717) is 6.54 Å². The Morgan fingerprint density at radius 2 is 2.24 bits per heavy atom. The topological polar surface area (TPSA) is 63.9 Å². The van der Waals surface area contributed by atoms with Crippen LogP contribution in [-0.2, 0) is 6.54 Å². The van der Waals surface area contributed by atoms with E-state index in [2.05, 4.69) is 24.9 Å². The van der Waals surface area contributed by atoms with Crippen LogP contribution in [0.5, 0.6) is 0 Å². The normalized spacial score (nSPS) is 17.8. The molecule has 4 heterocycles. The average molecular weight is 374 g/mol. The van der Waals surface area contributed by atoms with Crippen LogP contribution in [0.2, 0.25) is 0 Å². The molecule has 3 aromatic rings. The lowest BCUT2D eigenvalue weighted by Gasteiger charge is -2.32. The van der Waals surface area contributed by atoms with Crippen LogP contribution in [0.4, 0.5) is 0 Å². The molecule has 1 aliphatic rings. The molecule has 25 heavy (non-hydrogen) atoms. The summed E-state index contributed by atoms with van der Waals surface area (Å²) >= 11 is 3.03. The molecule has 1 amide bonds. The van der Waals surface area contributed by atoms with Gasteiger partial charge < -0.3 is 9.47 Å². The first-order valence-corrected chi connectivity index (χ1v) is 10.1. The van der Waals surface area contributed by atoms with E-state index in [1.54, 1.807) is 16.8 Å². The van der Waals surface area contributed by atoms with E-state index in [0.717, 1.165) is 48.0 Å². The van der Waals surface area contributed by atoms with E-state index in [1.807, 2.05) is 29.7 Å². The molecule has 0 unspecified atom stereocenters. The number of hydrogen-bond donors (Lipinski definition) is 0. The first kappa shape index (κ1) is 16.4. The molecule has 0 aliphatic carbocycles. The molecule has 1 fully saturated rings. The number of carbonyl (C=O) groups is 1. The van der Waals surface area contributed by atoms with Gasteiger partial charge in [-0.15, -0.1) is 22.7 Å². The third-order valence-corrected chi connectivity index (χ3v) is 6.13. The molecular formula is C17H19N5OS2. The van der Waals surface area contributed by atoms with Gasteiger partial charge in [0, 0.05) is 36.8 Å². The fourth-order valence-corrected chi connectivity index (χ4v) is 4.65. The molecule has 1 aliphatic heterocycles. The predicted octanol–water partition coefficient (Wildman–Crippen LogP) is 3.17. The first-order chi connectivity index (χ1) is 12.2. The van der Waals surface area contributed by atoms with Gasteiger partial charge in [0.1, 0.15) is 10.7 Å². The van der Waals surface area contributed by atoms with Crippen LogP contribution in [0.15, 0.2) is 28.8 Å². The Morgan fingerprint density at radius 1 is 1.32 bits per heavy atom. The Bertz CT molecular complexity index is 854. The zero-order valence-corrected chi connectivity index (χ0v) is 15.6. The van der Waals surface area contributed by atoms with Crippen molar-refractivity contribution in [2.75, 3.05) is 13.1 Å². The van der Waals surface area contributed by atoms with Crippen molar-refractivity contribution in [1.82, 2.24) is 24.4 Å². The second-order valence-electron chi connectivity index (χ2n) is 6.25. The summed E-state index contributed by atoms with van der Waals surface area (Å²) in [5.74, 6) is 1.41. The molecular weight excluding hydrogens is 354 g/mol. The van der Waals surface area contributed by atoms with E-state index >= 15 is 0 Å². The summed E-state index contributed by atoms with van der Waals surface area (Å²) in [6.07, 6.45) is 5.90. The van der Waals surface area contributed by atoms with Gasteiger partial charge in [-0.1, -0.05) is 0 Å². The predicted molar refractivity (Wildman–Crippen MR) is 98.2 cm³/mol. The number of likely N-dealkylation sites (tertiary alicyclic amines) is 1. The molecule has 0 radical (unpaired) electrons. The minimum Gasteiger partial charge on any atom is -0.337 e. The molecule has 1 atom stereocenters. The maximum atomic E-state index is 12.8. The molecule has 130 valence electrons. The van der Waals surface area contributed by atoms with Gasteiger partial charge in [0.15, 0.2) is 0 Å². The second-order valence-corrected chi connectivity index (χ2v) is 7.82. The quantitative estimate of drug-likeness (QED) is 0.705. The van der Waals surface area contributed by atoms with E-state index < -0.39 is 0 Å². The average Bonchev–Trinajstić information content (AvgIpc) is 3.37. The van der Waals surface area contributed by atoms with Crippen molar-refractivity contribution in [3.63, 3.8) is 0 Å². The Morgan fingerprint density at radius 3 is 3.00 bits per heavy atom. The molecule has 0 N–H and O–H groups in total. The van der Waals surface area contributed by atoms with Gasteiger partial charge in [0.25, 0.3) is 5.91 Å². The van der Waals surface area contributed by atoms with Crippen LogP contribution < -0.4 is 0 Å². The lowest BCUT2D eigenvalue weighted by Crippen LogP contribution is -2.39. The molecule has 0 bridgehead atoms. The highest BCUT2D eigenvalue weighted by molar-refractivity contribution is 7.11. The van der Waals surface area contributed by atoms with Crippen molar-refractivity contribution >= 4 is 28.6 Å². The SMILES string of the molecule is Cc1ncsc1C(=O)N1CCC[C@H](c2nccn2Cc2cscn2)C1. The lowest BCUT2D eigenvalue weighted by molar-refractivity contribution is 0.0707. The molecule has 0 aromatic carbocycles. The maximum absolute atomic E-state index is 12.8. The summed E-state index contributed by atoms with van der Waals surface area (Å²) < 4.78 is 2.16. The van der Waals surface area contributed by atoms with Gasteiger partial charge in [-0.2, -0.15) is 0 Å². The standard InChI is InChI=1S/C17H19N5OS2/c1-12-15(25-11-19-12)17(23)22-5-2-3-13(7-22)16-18-4-6-21(16)8-14-9-24-10-20-14/h4,6,9-11,13H,2-3,5,7-8H2,1H3/t13-/m0/s1. The summed E-state index contributed by atoms with van der Waals surface area (Å²) in [4.78, 5) is 28.7. The third kappa shape index (κ3) is 3.36. The number of aryl methyl sites for hydroxylation is 1. The van der Waals surface area contributed by atoms with Crippen LogP contribution in [0, 0.1) is 6.92 Å². The fraction of sp³-hybridized carbons (Fsp3) is 0.412. The Labute approximate surface area is 154 Å². The van der Waals surface area contributed by atoms with Crippen molar-refractivity contribution in [1.29, 1.82) is 0 Å². The molecule has 0 saturated carbocycles. The monoisotopic (exact) mass is 373 g/mol. The van der Waals surface area contributed by atoms with Crippen LogP contribution in [0.25, 0.3) is 0 Å². The number of carbonyl (C=O) groups excluding carboxylic acids is 1. The number of thiazole rings is 2. The highest BCUT2D eigenvalue weighted by Crippen LogP contribution is 2.28. The minimum absolute atomic E-state index is 0.0994. The third-order valence-electron chi connectivity index (χ3n) is 4.58. The van der Waals surface area contributed by atoms with Gasteiger partial charge in [-0.3, -0.25) is 4.79 Å². The van der Waals surface area contributed by atoms with Crippen molar-refractivity contribution in [2.24, 2.45) is 0 Å². The number of imidazole rings is 1. The van der Waals surface area contributed by atoms with Crippen LogP contribution in [0.3, 0.4) is 0 Å². The van der Waals surface area contributed by atoms with Crippen molar-refractivity contribution < 1.29 is 4.79 Å². The number of rotatable bonds is 4. The summed E-state index contributed by atoms with van der Waals surface area (Å²) in [6, 6.07) is 0. The minimum atomic E-state index is 0.0994. The van der Waals surface area contributed by atoms with Crippen LogP contribution in [0.1, 0.15) is 45.6 Å². The van der Waals surface area contributed by atoms with Gasteiger partial charge >= 0.3 is 0 Å². The van der Waals surface area contributed by atoms with E-state index in [4.69, 9.17) is 0 Å². The fourth-order valence-electron chi connectivity index (χ4n) is 3.33. The number of aromatic nitrogens is 4. The number of nitrogens with zero attached hydrogens (tertiary/aromatic N) is 5. The molecule has 6 nitrogen and oxygen atoms in total. The molecule has 3 aromatic heterocycles. The summed E-state index contributed by atoms with van der Waals surface area (Å²) in [7, 11) is 0. The van der Waals surface area contributed by atoms with Gasteiger partial charge in [0.2, 0.25) is 0 Å². The Balaban J connectivity index is 1.51. The molecule has 8 heteroatoms. The number of piperidine rings is 1. The molecule has 4 rings (SSSR count). The highest BCUT2D eigenvalue weighted by Gasteiger charge is 2.29. The van der Waals surface area contributed by atoms with Crippen LogP contribution >= 0.6 is 22.7 Å². The number of hydrogen-bond acceptors (Lipinski definition) is 6.